The summed E-state index contributed by atoms with van der Waals surface area (Å²) in [4.78, 5) is 18.3. The first-order valence-electron chi connectivity index (χ1n) is 13.6. The van der Waals surface area contributed by atoms with Crippen LogP contribution in [-0.2, 0) is 18.1 Å². The Bertz CT molecular complexity index is 1700. The van der Waals surface area contributed by atoms with Crippen molar-refractivity contribution < 1.29 is 23.7 Å². The Morgan fingerprint density at radius 1 is 0.951 bits per heavy atom. The smallest absolute Gasteiger partial charge is 0.321 e. The number of pyridine rings is 2. The van der Waals surface area contributed by atoms with Gasteiger partial charge in [0.05, 0.1) is 30.4 Å². The van der Waals surface area contributed by atoms with Gasteiger partial charge in [0, 0.05) is 43.6 Å². The molecule has 212 valence electrons. The highest BCUT2D eigenvalue weighted by Gasteiger charge is 2.21. The molecule has 10 nitrogen and oxygen atoms in total. The Kier molecular flexibility index (Phi) is 7.46. The number of fused-ring (bicyclic) bond motifs is 5. The fraction of sp³-hybridized carbons (Fsp3) is 0.333. The fourth-order valence-electron chi connectivity index (χ4n) is 4.64. The normalized spacial score (nSPS) is 13.6. The molecule has 5 heterocycles. The van der Waals surface area contributed by atoms with E-state index in [0.717, 1.165) is 39.0 Å². The zero-order valence-corrected chi connectivity index (χ0v) is 24.7. The number of hydrogen-bond donors (Lipinski definition) is 0. The van der Waals surface area contributed by atoms with Gasteiger partial charge in [-0.1, -0.05) is 25.7 Å². The van der Waals surface area contributed by atoms with E-state index in [2.05, 4.69) is 40.7 Å². The molecule has 0 spiro atoms. The summed E-state index contributed by atoms with van der Waals surface area (Å²) >= 11 is 0. The molecular weight excluding hydrogens is 538 g/mol. The molecule has 0 N–H and O–H groups in total. The highest BCUT2D eigenvalue weighted by Crippen LogP contribution is 2.38. The highest BCUT2D eigenvalue weighted by molar-refractivity contribution is 6.76. The van der Waals surface area contributed by atoms with Crippen LogP contribution < -0.4 is 18.9 Å². The second-order valence-electron chi connectivity index (χ2n) is 11.2. The van der Waals surface area contributed by atoms with Crippen molar-refractivity contribution >= 4 is 30.0 Å². The number of ether oxygens (including phenoxy) is 5. The number of methoxy groups -OCH3 is 1. The molecular formula is C30H33N5O5Si. The van der Waals surface area contributed by atoms with Crippen molar-refractivity contribution in [3.8, 4) is 34.5 Å². The number of rotatable bonds is 6. The molecule has 0 atom stereocenters. The molecule has 1 aromatic carbocycles. The molecule has 11 heteroatoms. The molecule has 5 bridgehead atoms. The van der Waals surface area contributed by atoms with Crippen LogP contribution in [0, 0.1) is 0 Å². The lowest BCUT2D eigenvalue weighted by atomic mass is 10.0. The standard InChI is InChI=1S/C30H33N5O5Si/c1-36-30-33-28-27-25(17-35(28)19-37-9-10-41(2,3)4)21-5-6-26-22(12-21)13-24(16-32-26)39-8-7-38-23-11-20(14-31-15-23)18-40-29(27)34-30/h5-6,11-17H,7-10,18-19H2,1-4H3. The lowest BCUT2D eigenvalue weighted by Gasteiger charge is -2.15. The quantitative estimate of drug-likeness (QED) is 0.187. The molecule has 5 aromatic rings. The summed E-state index contributed by atoms with van der Waals surface area (Å²) in [5.74, 6) is 1.71. The van der Waals surface area contributed by atoms with Crippen LogP contribution in [0.2, 0.25) is 25.7 Å². The zero-order valence-electron chi connectivity index (χ0n) is 23.7. The van der Waals surface area contributed by atoms with E-state index in [1.54, 1.807) is 25.7 Å². The Morgan fingerprint density at radius 2 is 1.78 bits per heavy atom. The van der Waals surface area contributed by atoms with E-state index in [9.17, 15) is 0 Å². The average molecular weight is 572 g/mol. The van der Waals surface area contributed by atoms with E-state index >= 15 is 0 Å². The number of hydrogen-bond acceptors (Lipinski definition) is 9. The molecule has 6 rings (SSSR count). The minimum absolute atomic E-state index is 0.214. The minimum Gasteiger partial charge on any atom is -0.488 e. The summed E-state index contributed by atoms with van der Waals surface area (Å²) in [6, 6.07) is 11.3. The van der Waals surface area contributed by atoms with Gasteiger partial charge in [0.15, 0.2) is 5.65 Å². The molecule has 0 saturated heterocycles. The van der Waals surface area contributed by atoms with Crippen LogP contribution in [0.5, 0.6) is 23.4 Å². The number of nitrogens with zero attached hydrogens (tertiary/aromatic N) is 5. The topological polar surface area (TPSA) is 103 Å². The summed E-state index contributed by atoms with van der Waals surface area (Å²) in [6.45, 7) is 9.02. The summed E-state index contributed by atoms with van der Waals surface area (Å²) in [5.41, 5.74) is 4.26. The predicted molar refractivity (Wildman–Crippen MR) is 158 cm³/mol. The van der Waals surface area contributed by atoms with E-state index in [4.69, 9.17) is 28.7 Å². The van der Waals surface area contributed by atoms with Crippen LogP contribution >= 0.6 is 0 Å². The van der Waals surface area contributed by atoms with Gasteiger partial charge in [-0.3, -0.25) is 9.97 Å². The number of aromatic nitrogens is 5. The van der Waals surface area contributed by atoms with Gasteiger partial charge in [-0.25, -0.2) is 0 Å². The summed E-state index contributed by atoms with van der Waals surface area (Å²) < 4.78 is 31.8. The lowest BCUT2D eigenvalue weighted by molar-refractivity contribution is 0.0898. The maximum absolute atomic E-state index is 6.34. The average Bonchev–Trinajstić information content (AvgIpc) is 3.33. The van der Waals surface area contributed by atoms with Gasteiger partial charge in [-0.05, 0) is 35.9 Å². The van der Waals surface area contributed by atoms with Gasteiger partial charge in [0.25, 0.3) is 0 Å². The molecule has 1 aliphatic rings. The fourth-order valence-corrected chi connectivity index (χ4v) is 5.40. The SMILES string of the molecule is COc1nc2c3c(cn(COCC[Si](C)(C)C)c3n1)-c1ccc3ncc(cc3c1)OCCOc1cncc(c1)CO2. The van der Waals surface area contributed by atoms with Crippen molar-refractivity contribution in [1.82, 2.24) is 24.5 Å². The lowest BCUT2D eigenvalue weighted by Crippen LogP contribution is -2.22. The minimum atomic E-state index is -1.23. The van der Waals surface area contributed by atoms with Crippen LogP contribution in [0.15, 0.2) is 55.1 Å². The van der Waals surface area contributed by atoms with Gasteiger partial charge in [0.1, 0.15) is 38.1 Å². The van der Waals surface area contributed by atoms with E-state index in [-0.39, 0.29) is 12.6 Å². The van der Waals surface area contributed by atoms with Gasteiger partial charge in [-0.2, -0.15) is 9.97 Å². The molecule has 0 unspecified atom stereocenters. The van der Waals surface area contributed by atoms with Crippen LogP contribution in [0.25, 0.3) is 33.1 Å². The molecule has 0 radical (unpaired) electrons. The van der Waals surface area contributed by atoms with Crippen molar-refractivity contribution in [3.05, 3.63) is 60.7 Å². The molecule has 1 aliphatic heterocycles. The summed E-state index contributed by atoms with van der Waals surface area (Å²) in [6.07, 6.45) is 7.19. The van der Waals surface area contributed by atoms with Gasteiger partial charge in [-0.15, -0.1) is 0 Å². The van der Waals surface area contributed by atoms with Crippen molar-refractivity contribution in [3.63, 3.8) is 0 Å². The predicted octanol–water partition coefficient (Wildman–Crippen LogP) is 5.71. The second-order valence-corrected chi connectivity index (χ2v) is 16.8. The summed E-state index contributed by atoms with van der Waals surface area (Å²) in [5, 5.41) is 1.72. The largest absolute Gasteiger partial charge is 0.488 e. The van der Waals surface area contributed by atoms with E-state index in [0.29, 0.717) is 49.6 Å². The van der Waals surface area contributed by atoms with Crippen molar-refractivity contribution in [2.75, 3.05) is 26.9 Å². The third kappa shape index (κ3) is 6.10. The van der Waals surface area contributed by atoms with E-state index in [1.807, 2.05) is 35.0 Å². The first-order valence-corrected chi connectivity index (χ1v) is 17.3. The summed E-state index contributed by atoms with van der Waals surface area (Å²) in [7, 11) is 0.317. The molecule has 4 aromatic heterocycles. The molecule has 41 heavy (non-hydrogen) atoms. The highest BCUT2D eigenvalue weighted by atomic mass is 28.3. The Hall–Kier alpha value is -4.22. The molecule has 0 saturated carbocycles. The van der Waals surface area contributed by atoms with E-state index in [1.165, 1.54) is 0 Å². The molecule has 0 fully saturated rings. The maximum atomic E-state index is 6.34. The van der Waals surface area contributed by atoms with Crippen LogP contribution in [-0.4, -0.2) is 59.5 Å². The third-order valence-corrected chi connectivity index (χ3v) is 8.51. The first kappa shape index (κ1) is 27.0. The Labute approximate surface area is 239 Å². The zero-order chi connectivity index (χ0) is 28.4. The third-order valence-electron chi connectivity index (χ3n) is 6.81. The monoisotopic (exact) mass is 571 g/mol. The Morgan fingerprint density at radius 3 is 2.59 bits per heavy atom. The van der Waals surface area contributed by atoms with Gasteiger partial charge in [0.2, 0.25) is 5.88 Å². The van der Waals surface area contributed by atoms with Gasteiger partial charge >= 0.3 is 6.01 Å². The Balaban J connectivity index is 1.49. The van der Waals surface area contributed by atoms with Crippen molar-refractivity contribution in [2.24, 2.45) is 0 Å². The molecule has 0 aliphatic carbocycles. The van der Waals surface area contributed by atoms with E-state index < -0.39 is 8.07 Å². The van der Waals surface area contributed by atoms with Gasteiger partial charge < -0.3 is 28.3 Å². The van der Waals surface area contributed by atoms with Crippen LogP contribution in [0.4, 0.5) is 0 Å². The maximum Gasteiger partial charge on any atom is 0.321 e. The van der Waals surface area contributed by atoms with Crippen LogP contribution in [0.1, 0.15) is 5.56 Å². The van der Waals surface area contributed by atoms with Crippen molar-refractivity contribution in [2.45, 2.75) is 39.0 Å². The molecule has 0 amide bonds. The number of benzene rings is 1. The van der Waals surface area contributed by atoms with Crippen LogP contribution in [0.3, 0.4) is 0 Å². The van der Waals surface area contributed by atoms with Crippen molar-refractivity contribution in [1.29, 1.82) is 0 Å². The second kappa shape index (κ2) is 11.3. The first-order chi connectivity index (χ1) is 19.9.